The SMILES string of the molecule is C#CCC(CCc1cccc(C)c1)NN. The normalized spacial score (nSPS) is 12.1. The molecule has 0 fully saturated rings. The summed E-state index contributed by atoms with van der Waals surface area (Å²) >= 11 is 0. The van der Waals surface area contributed by atoms with Crippen LogP contribution >= 0.6 is 0 Å². The smallest absolute Gasteiger partial charge is 0.0323 e. The van der Waals surface area contributed by atoms with Crippen LogP contribution < -0.4 is 11.3 Å². The van der Waals surface area contributed by atoms with Gasteiger partial charge in [-0.1, -0.05) is 29.8 Å². The number of rotatable bonds is 5. The van der Waals surface area contributed by atoms with Gasteiger partial charge in [-0.2, -0.15) is 0 Å². The van der Waals surface area contributed by atoms with Crippen molar-refractivity contribution >= 4 is 0 Å². The number of aryl methyl sites for hydroxylation is 2. The molecule has 0 aliphatic heterocycles. The van der Waals surface area contributed by atoms with E-state index in [1.807, 2.05) is 0 Å². The summed E-state index contributed by atoms with van der Waals surface area (Å²) in [5, 5.41) is 0. The van der Waals surface area contributed by atoms with Gasteiger partial charge in [-0.05, 0) is 25.3 Å². The largest absolute Gasteiger partial charge is 0.271 e. The fourth-order valence-corrected chi connectivity index (χ4v) is 1.60. The first-order chi connectivity index (χ1) is 7.26. The first kappa shape index (κ1) is 11.8. The number of terminal acetylenes is 1. The van der Waals surface area contributed by atoms with Crippen LogP contribution in [-0.4, -0.2) is 6.04 Å². The van der Waals surface area contributed by atoms with Crippen LogP contribution in [0, 0.1) is 19.3 Å². The molecule has 0 saturated heterocycles. The number of benzene rings is 1. The average molecular weight is 202 g/mol. The highest BCUT2D eigenvalue weighted by atomic mass is 15.2. The van der Waals surface area contributed by atoms with Crippen molar-refractivity contribution < 1.29 is 0 Å². The van der Waals surface area contributed by atoms with Crippen LogP contribution in [0.3, 0.4) is 0 Å². The molecule has 0 amide bonds. The van der Waals surface area contributed by atoms with Gasteiger partial charge in [0.1, 0.15) is 0 Å². The summed E-state index contributed by atoms with van der Waals surface area (Å²) in [6.45, 7) is 2.10. The van der Waals surface area contributed by atoms with Gasteiger partial charge in [0.25, 0.3) is 0 Å². The fraction of sp³-hybridized carbons (Fsp3) is 0.385. The molecule has 0 spiro atoms. The molecule has 1 rings (SSSR count). The zero-order chi connectivity index (χ0) is 11.1. The molecule has 0 heterocycles. The van der Waals surface area contributed by atoms with Crippen LogP contribution in [0.4, 0.5) is 0 Å². The zero-order valence-corrected chi connectivity index (χ0v) is 9.16. The monoisotopic (exact) mass is 202 g/mol. The lowest BCUT2D eigenvalue weighted by Crippen LogP contribution is -2.35. The van der Waals surface area contributed by atoms with E-state index in [4.69, 9.17) is 12.3 Å². The molecule has 0 aliphatic carbocycles. The van der Waals surface area contributed by atoms with Crippen molar-refractivity contribution in [3.05, 3.63) is 35.4 Å². The van der Waals surface area contributed by atoms with Crippen LogP contribution in [-0.2, 0) is 6.42 Å². The summed E-state index contributed by atoms with van der Waals surface area (Å²) in [5.41, 5.74) is 5.38. The van der Waals surface area contributed by atoms with Crippen molar-refractivity contribution in [2.75, 3.05) is 0 Å². The van der Waals surface area contributed by atoms with E-state index < -0.39 is 0 Å². The Balaban J connectivity index is 2.46. The van der Waals surface area contributed by atoms with Crippen molar-refractivity contribution in [1.82, 2.24) is 5.43 Å². The minimum absolute atomic E-state index is 0.218. The van der Waals surface area contributed by atoms with E-state index in [1.54, 1.807) is 0 Å². The maximum atomic E-state index is 5.41. The molecule has 2 heteroatoms. The van der Waals surface area contributed by atoms with E-state index in [9.17, 15) is 0 Å². The summed E-state index contributed by atoms with van der Waals surface area (Å²) < 4.78 is 0. The van der Waals surface area contributed by atoms with E-state index in [0.717, 1.165) is 12.8 Å². The number of hydrogen-bond donors (Lipinski definition) is 2. The molecule has 0 saturated carbocycles. The van der Waals surface area contributed by atoms with E-state index >= 15 is 0 Å². The van der Waals surface area contributed by atoms with Crippen molar-refractivity contribution in [2.45, 2.75) is 32.2 Å². The Hall–Kier alpha value is -1.30. The topological polar surface area (TPSA) is 38.0 Å². The number of nitrogens with two attached hydrogens (primary N) is 1. The van der Waals surface area contributed by atoms with Gasteiger partial charge in [0.15, 0.2) is 0 Å². The van der Waals surface area contributed by atoms with Gasteiger partial charge >= 0.3 is 0 Å². The zero-order valence-electron chi connectivity index (χ0n) is 9.16. The van der Waals surface area contributed by atoms with Gasteiger partial charge < -0.3 is 0 Å². The van der Waals surface area contributed by atoms with Crippen molar-refractivity contribution in [3.8, 4) is 12.3 Å². The Morgan fingerprint density at radius 2 is 2.33 bits per heavy atom. The molecule has 80 valence electrons. The summed E-state index contributed by atoms with van der Waals surface area (Å²) in [6.07, 6.45) is 7.92. The van der Waals surface area contributed by atoms with E-state index in [2.05, 4.69) is 42.5 Å². The van der Waals surface area contributed by atoms with Crippen LogP contribution in [0.15, 0.2) is 24.3 Å². The molecule has 1 aromatic carbocycles. The lowest BCUT2D eigenvalue weighted by Gasteiger charge is -2.12. The number of hydrogen-bond acceptors (Lipinski definition) is 2. The predicted molar refractivity (Wildman–Crippen MR) is 64.1 cm³/mol. The second-order valence-electron chi connectivity index (χ2n) is 3.80. The summed E-state index contributed by atoms with van der Waals surface area (Å²) in [7, 11) is 0. The van der Waals surface area contributed by atoms with Crippen LogP contribution in [0.25, 0.3) is 0 Å². The standard InChI is InChI=1S/C13H18N2/c1-3-5-13(15-14)9-8-12-7-4-6-11(2)10-12/h1,4,6-7,10,13,15H,5,8-9,14H2,2H3. The maximum Gasteiger partial charge on any atom is 0.0323 e. The van der Waals surface area contributed by atoms with Gasteiger partial charge in [-0.15, -0.1) is 12.3 Å². The lowest BCUT2D eigenvalue weighted by atomic mass is 10.0. The highest BCUT2D eigenvalue weighted by Crippen LogP contribution is 2.08. The Morgan fingerprint density at radius 1 is 1.53 bits per heavy atom. The number of hydrazine groups is 1. The minimum atomic E-state index is 0.218. The molecular formula is C13H18N2. The molecule has 0 bridgehead atoms. The van der Waals surface area contributed by atoms with E-state index in [-0.39, 0.29) is 6.04 Å². The Bertz CT molecular complexity index is 339. The van der Waals surface area contributed by atoms with Crippen molar-refractivity contribution in [3.63, 3.8) is 0 Å². The Morgan fingerprint density at radius 3 is 2.93 bits per heavy atom. The van der Waals surface area contributed by atoms with Crippen molar-refractivity contribution in [1.29, 1.82) is 0 Å². The average Bonchev–Trinajstić information content (AvgIpc) is 2.24. The molecule has 1 aromatic rings. The Kier molecular flexibility index (Phi) is 4.89. The molecular weight excluding hydrogens is 184 g/mol. The molecule has 3 N–H and O–H groups in total. The van der Waals surface area contributed by atoms with E-state index in [1.165, 1.54) is 11.1 Å². The van der Waals surface area contributed by atoms with Gasteiger partial charge in [0.05, 0.1) is 0 Å². The van der Waals surface area contributed by atoms with Gasteiger partial charge in [0, 0.05) is 12.5 Å². The Labute approximate surface area is 91.8 Å². The molecule has 15 heavy (non-hydrogen) atoms. The van der Waals surface area contributed by atoms with Crippen LogP contribution in [0.1, 0.15) is 24.0 Å². The molecule has 0 aromatic heterocycles. The highest BCUT2D eigenvalue weighted by molar-refractivity contribution is 5.22. The molecule has 0 radical (unpaired) electrons. The predicted octanol–water partition coefficient (Wildman–Crippen LogP) is 1.78. The fourth-order valence-electron chi connectivity index (χ4n) is 1.60. The minimum Gasteiger partial charge on any atom is -0.271 e. The van der Waals surface area contributed by atoms with Gasteiger partial charge in [0.2, 0.25) is 0 Å². The first-order valence-corrected chi connectivity index (χ1v) is 5.21. The van der Waals surface area contributed by atoms with Gasteiger partial charge in [-0.3, -0.25) is 11.3 Å². The third-order valence-electron chi connectivity index (χ3n) is 2.46. The maximum absolute atomic E-state index is 5.41. The number of nitrogens with one attached hydrogen (secondary N) is 1. The van der Waals surface area contributed by atoms with Crippen LogP contribution in [0.5, 0.6) is 0 Å². The summed E-state index contributed by atoms with van der Waals surface area (Å²) in [6, 6.07) is 8.73. The third-order valence-corrected chi connectivity index (χ3v) is 2.46. The third kappa shape index (κ3) is 4.16. The molecule has 1 atom stereocenters. The van der Waals surface area contributed by atoms with E-state index in [0.29, 0.717) is 6.42 Å². The highest BCUT2D eigenvalue weighted by Gasteiger charge is 2.04. The molecule has 1 unspecified atom stereocenters. The summed E-state index contributed by atoms with van der Waals surface area (Å²) in [4.78, 5) is 0. The molecule has 2 nitrogen and oxygen atoms in total. The second kappa shape index (κ2) is 6.23. The summed E-state index contributed by atoms with van der Waals surface area (Å²) in [5.74, 6) is 8.03. The second-order valence-corrected chi connectivity index (χ2v) is 3.80. The molecule has 0 aliphatic rings. The van der Waals surface area contributed by atoms with Crippen LogP contribution in [0.2, 0.25) is 0 Å². The lowest BCUT2D eigenvalue weighted by molar-refractivity contribution is 0.504. The quantitative estimate of drug-likeness (QED) is 0.434. The van der Waals surface area contributed by atoms with Crippen molar-refractivity contribution in [2.24, 2.45) is 5.84 Å². The first-order valence-electron chi connectivity index (χ1n) is 5.21. The van der Waals surface area contributed by atoms with Gasteiger partial charge in [-0.25, -0.2) is 0 Å².